The monoisotopic (exact) mass is 423 g/mol. The number of benzene rings is 1. The largest absolute Gasteiger partial charge is 0.669 e. The zero-order chi connectivity index (χ0) is 22.2. The van der Waals surface area contributed by atoms with Gasteiger partial charge in [-0.15, -0.1) is 0 Å². The third-order valence-electron chi connectivity index (χ3n) is 4.94. The Morgan fingerprint density at radius 1 is 1.30 bits per heavy atom. The molecule has 8 N–H and O–H groups in total. The van der Waals surface area contributed by atoms with Gasteiger partial charge >= 0.3 is 12.7 Å². The van der Waals surface area contributed by atoms with E-state index in [1.54, 1.807) is 6.07 Å². The first-order valence-electron chi connectivity index (χ1n) is 9.44. The number of carboxylic acids is 1. The minimum atomic E-state index is -3.14. The molecule has 1 saturated heterocycles. The summed E-state index contributed by atoms with van der Waals surface area (Å²) in [6.45, 7) is -1.42. The van der Waals surface area contributed by atoms with E-state index in [0.29, 0.717) is 5.56 Å². The Balaban J connectivity index is 1.66. The Bertz CT molecular complexity index is 872. The molecule has 2 aliphatic heterocycles. The highest BCUT2D eigenvalue weighted by atomic mass is 16.6. The van der Waals surface area contributed by atoms with Crippen LogP contribution in [0.25, 0.3) is 0 Å². The molecule has 0 spiro atoms. The lowest BCUT2D eigenvalue weighted by Gasteiger charge is -2.41. The van der Waals surface area contributed by atoms with Crippen LogP contribution in [0.1, 0.15) is 22.8 Å². The second kappa shape index (κ2) is 8.10. The summed E-state index contributed by atoms with van der Waals surface area (Å²) in [4.78, 5) is 36.9. The highest BCUT2D eigenvalue weighted by Crippen LogP contribution is 2.38. The molecule has 0 unspecified atom stereocenters. The number of nitrogens with zero attached hydrogens (tertiary/aromatic N) is 1. The predicted molar refractivity (Wildman–Crippen MR) is 103 cm³/mol. The number of carbonyl (C=O) groups is 3. The second-order valence-electron chi connectivity index (χ2n) is 7.50. The molecule has 3 rings (SSSR count). The standard InChI is InChI=1S/C17H24BN4O8/c1-8(19)15(23)21-14(20)16(24)22-6-10(7-22)29-11-3-2-9-4-5-18(27,28)30-13(9)12(11)17(25)26/h2-3,8,10,14,27-28H,4-7,19-20H2,1H3,(H,21,23)(H,25,26)/q-1/t8-,14+/m1/s1. The summed E-state index contributed by atoms with van der Waals surface area (Å²) in [6, 6.07) is 2.26. The van der Waals surface area contributed by atoms with Crippen LogP contribution in [0.15, 0.2) is 12.1 Å². The number of rotatable bonds is 6. The van der Waals surface area contributed by atoms with Gasteiger partial charge in [-0.3, -0.25) is 9.59 Å². The van der Waals surface area contributed by atoms with Crippen molar-refractivity contribution < 1.29 is 38.9 Å². The zero-order valence-electron chi connectivity index (χ0n) is 16.3. The minimum Gasteiger partial charge on any atom is -0.669 e. The van der Waals surface area contributed by atoms with Crippen molar-refractivity contribution in [2.24, 2.45) is 11.5 Å². The van der Waals surface area contributed by atoms with Gasteiger partial charge in [0.05, 0.1) is 24.9 Å². The number of amides is 2. The van der Waals surface area contributed by atoms with Crippen LogP contribution in [-0.2, 0) is 16.0 Å². The second-order valence-corrected chi connectivity index (χ2v) is 7.50. The molecular formula is C17H24BN4O8-. The molecule has 13 heteroatoms. The van der Waals surface area contributed by atoms with Crippen molar-refractivity contribution in [1.29, 1.82) is 0 Å². The molecule has 0 aromatic heterocycles. The van der Waals surface area contributed by atoms with Crippen molar-refractivity contribution in [1.82, 2.24) is 10.2 Å². The van der Waals surface area contributed by atoms with Crippen molar-refractivity contribution >= 4 is 24.5 Å². The topological polar surface area (TPSA) is 198 Å². The molecule has 0 saturated carbocycles. The van der Waals surface area contributed by atoms with Crippen molar-refractivity contribution in [2.45, 2.75) is 38.0 Å². The molecule has 12 nitrogen and oxygen atoms in total. The summed E-state index contributed by atoms with van der Waals surface area (Å²) in [5.74, 6) is -2.58. The summed E-state index contributed by atoms with van der Waals surface area (Å²) in [6.07, 6.45) is -1.55. The van der Waals surface area contributed by atoms with Gasteiger partial charge < -0.3 is 46.2 Å². The fourth-order valence-corrected chi connectivity index (χ4v) is 3.25. The van der Waals surface area contributed by atoms with E-state index in [4.69, 9.17) is 20.9 Å². The quantitative estimate of drug-likeness (QED) is 0.211. The molecule has 1 fully saturated rings. The molecule has 30 heavy (non-hydrogen) atoms. The maximum Gasteiger partial charge on any atom is 0.430 e. The number of likely N-dealkylation sites (tertiary alicyclic amines) is 1. The molecule has 164 valence electrons. The highest BCUT2D eigenvalue weighted by Gasteiger charge is 2.37. The Labute approximate surface area is 171 Å². The van der Waals surface area contributed by atoms with Gasteiger partial charge in [0.1, 0.15) is 17.4 Å². The van der Waals surface area contributed by atoms with Crippen LogP contribution in [0.4, 0.5) is 0 Å². The van der Waals surface area contributed by atoms with Gasteiger partial charge in [-0.1, -0.05) is 12.4 Å². The molecule has 2 atom stereocenters. The van der Waals surface area contributed by atoms with E-state index >= 15 is 0 Å². The van der Waals surface area contributed by atoms with E-state index < -0.39 is 42.8 Å². The van der Waals surface area contributed by atoms with Crippen molar-refractivity contribution in [3.63, 3.8) is 0 Å². The molecule has 2 amide bonds. The van der Waals surface area contributed by atoms with Crippen LogP contribution >= 0.6 is 0 Å². The number of carboxylic acid groups (broad SMARTS) is 1. The number of carbonyl (C=O) groups excluding carboxylic acids is 2. The first-order valence-corrected chi connectivity index (χ1v) is 9.44. The Morgan fingerprint density at radius 3 is 2.57 bits per heavy atom. The number of fused-ring (bicyclic) bond motifs is 1. The Kier molecular flexibility index (Phi) is 5.90. The van der Waals surface area contributed by atoms with Gasteiger partial charge in [0.2, 0.25) is 5.91 Å². The molecule has 0 radical (unpaired) electrons. The molecule has 2 aliphatic rings. The van der Waals surface area contributed by atoms with Gasteiger partial charge in [-0.25, -0.2) is 4.79 Å². The van der Waals surface area contributed by atoms with Crippen LogP contribution in [0.5, 0.6) is 11.5 Å². The normalized spacial score (nSPS) is 19.6. The third-order valence-corrected chi connectivity index (χ3v) is 4.94. The van der Waals surface area contributed by atoms with Crippen LogP contribution in [0, 0.1) is 0 Å². The SMILES string of the molecule is C[C@@H](N)C(=O)N[C@H](N)C(=O)N1CC(Oc2ccc3c(c2C(=O)O)O[B-](O)(O)CC3)C1. The summed E-state index contributed by atoms with van der Waals surface area (Å²) in [7, 11) is 0. The van der Waals surface area contributed by atoms with Crippen molar-refractivity contribution in [3.8, 4) is 11.5 Å². The van der Waals surface area contributed by atoms with E-state index in [2.05, 4.69) is 5.32 Å². The van der Waals surface area contributed by atoms with Crippen molar-refractivity contribution in [3.05, 3.63) is 23.3 Å². The first-order chi connectivity index (χ1) is 14.0. The lowest BCUT2D eigenvalue weighted by Crippen LogP contribution is -2.63. The number of nitrogens with two attached hydrogens (primary N) is 2. The van der Waals surface area contributed by atoms with Crippen LogP contribution in [0.2, 0.25) is 6.32 Å². The summed E-state index contributed by atoms with van der Waals surface area (Å²) >= 11 is 0. The van der Waals surface area contributed by atoms with E-state index in [0.717, 1.165) is 0 Å². The Morgan fingerprint density at radius 2 is 1.97 bits per heavy atom. The average Bonchev–Trinajstić information content (AvgIpc) is 2.61. The molecule has 0 bridgehead atoms. The molecule has 1 aromatic carbocycles. The van der Waals surface area contributed by atoms with Crippen LogP contribution < -0.4 is 26.2 Å². The fraction of sp³-hybridized carbons (Fsp3) is 0.471. The molecule has 1 aromatic rings. The van der Waals surface area contributed by atoms with E-state index in [1.165, 1.54) is 17.9 Å². The van der Waals surface area contributed by atoms with E-state index in [-0.39, 0.29) is 42.9 Å². The van der Waals surface area contributed by atoms with Crippen LogP contribution in [0.3, 0.4) is 0 Å². The number of ether oxygens (including phenoxy) is 1. The average molecular weight is 423 g/mol. The smallest absolute Gasteiger partial charge is 0.430 e. The predicted octanol–water partition coefficient (Wildman–Crippen LogP) is -2.42. The minimum absolute atomic E-state index is 0.0126. The number of aryl methyl sites for hydroxylation is 1. The molecule has 0 aliphatic carbocycles. The number of nitrogens with one attached hydrogen (secondary N) is 1. The maximum absolute atomic E-state index is 12.2. The van der Waals surface area contributed by atoms with Gasteiger partial charge in [-0.05, 0) is 25.0 Å². The number of hydrogen-bond donors (Lipinski definition) is 6. The summed E-state index contributed by atoms with van der Waals surface area (Å²) in [5.41, 5.74) is 11.3. The third kappa shape index (κ3) is 4.49. The lowest BCUT2D eigenvalue weighted by molar-refractivity contribution is -0.144. The first kappa shape index (κ1) is 21.8. The molecular weight excluding hydrogens is 399 g/mol. The fourth-order valence-electron chi connectivity index (χ4n) is 3.25. The molecule has 2 heterocycles. The van der Waals surface area contributed by atoms with E-state index in [1.807, 2.05) is 0 Å². The van der Waals surface area contributed by atoms with E-state index in [9.17, 15) is 29.5 Å². The van der Waals surface area contributed by atoms with Gasteiger partial charge in [0.15, 0.2) is 6.17 Å². The summed E-state index contributed by atoms with van der Waals surface area (Å²) < 4.78 is 10.8. The zero-order valence-corrected chi connectivity index (χ0v) is 16.3. The maximum atomic E-state index is 12.2. The van der Waals surface area contributed by atoms with Gasteiger partial charge in [0, 0.05) is 0 Å². The Hall–Kier alpha value is -2.87. The summed E-state index contributed by atoms with van der Waals surface area (Å²) in [5, 5.41) is 31.4. The number of aromatic carboxylic acids is 1. The van der Waals surface area contributed by atoms with Gasteiger partial charge in [-0.2, -0.15) is 0 Å². The van der Waals surface area contributed by atoms with Gasteiger partial charge in [0.25, 0.3) is 5.91 Å². The van der Waals surface area contributed by atoms with Crippen molar-refractivity contribution in [2.75, 3.05) is 13.1 Å². The van der Waals surface area contributed by atoms with Crippen LogP contribution in [-0.4, -0.2) is 76.0 Å². The lowest BCUT2D eigenvalue weighted by atomic mass is 9.70. The highest BCUT2D eigenvalue weighted by molar-refractivity contribution is 6.59. The number of hydrogen-bond acceptors (Lipinski definition) is 9.